The Morgan fingerprint density at radius 3 is 2.17 bits per heavy atom. The number of phenols is 1. The van der Waals surface area contributed by atoms with Gasteiger partial charge in [-0.25, -0.2) is 4.79 Å². The number of Topliss-reactive ketones (excluding diaryl/α,β-unsaturated/α-hetero) is 4. The highest BCUT2D eigenvalue weighted by molar-refractivity contribution is 6.32. The van der Waals surface area contributed by atoms with Gasteiger partial charge < -0.3 is 31.7 Å². The summed E-state index contributed by atoms with van der Waals surface area (Å²) in [5, 5.41) is 38.7. The first kappa shape index (κ1) is 33.7. The van der Waals surface area contributed by atoms with E-state index in [2.05, 4.69) is 10.6 Å². The van der Waals surface area contributed by atoms with Crippen molar-refractivity contribution in [1.29, 1.82) is 0 Å². The standard InChI is InChI=1S/C31H31F3N4O9/c1-10-5-7-14(13(9-10)31(32,33)34)36-29(46)37-15-8-6-12-11(2)16-18(23(40)17(12)22(15)39)26(43)30(47)20(24(16)41)21(38(3)4)25(42)19(27(30)44)28(35)45/h5-9,11,16,18-21,24,39,41,47H,1-4H3,(H2,35,45)(H2,36,37,46)/t11-,16+,18?,19?,20+,21-,24-,30-/m0/s1. The maximum Gasteiger partial charge on any atom is 0.418 e. The van der Waals surface area contributed by atoms with E-state index in [1.165, 1.54) is 51.0 Å². The molecule has 8 atom stereocenters. The van der Waals surface area contributed by atoms with Crippen LogP contribution in [0.3, 0.4) is 0 Å². The van der Waals surface area contributed by atoms with Gasteiger partial charge in [0.15, 0.2) is 34.7 Å². The summed E-state index contributed by atoms with van der Waals surface area (Å²) in [6.07, 6.45) is -6.63. The third-order valence-corrected chi connectivity index (χ3v) is 9.47. The van der Waals surface area contributed by atoms with Crippen LogP contribution in [0.5, 0.6) is 5.75 Å². The molecule has 0 spiro atoms. The average molecular weight is 661 g/mol. The number of ketones is 4. The summed E-state index contributed by atoms with van der Waals surface area (Å²) in [4.78, 5) is 80.9. The molecule has 3 aliphatic rings. The Bertz CT molecular complexity index is 1760. The highest BCUT2D eigenvalue weighted by Crippen LogP contribution is 2.55. The van der Waals surface area contributed by atoms with Crippen molar-refractivity contribution in [2.75, 3.05) is 24.7 Å². The second kappa shape index (κ2) is 11.2. The number of nitrogens with zero attached hydrogens (tertiary/aromatic N) is 1. The fourth-order valence-corrected chi connectivity index (χ4v) is 7.37. The van der Waals surface area contributed by atoms with Crippen LogP contribution >= 0.6 is 0 Å². The Hall–Kier alpha value is -4.67. The van der Waals surface area contributed by atoms with Gasteiger partial charge in [-0.15, -0.1) is 0 Å². The number of benzene rings is 2. The van der Waals surface area contributed by atoms with Crippen LogP contribution in [0.4, 0.5) is 29.3 Å². The molecule has 0 aliphatic heterocycles. The number of aliphatic hydroxyl groups is 2. The van der Waals surface area contributed by atoms with Crippen LogP contribution < -0.4 is 16.4 Å². The molecule has 2 saturated carbocycles. The molecule has 250 valence electrons. The maximum atomic E-state index is 14.1. The SMILES string of the molecule is Cc1ccc(NC(=O)Nc2ccc3c(c2O)C(=O)C2C(=O)[C@]4(O)C(=O)C(C(N)=O)C(=O)[C@@H](N(C)C)[C@@H]4[C@@H](O)[C@@H]2[C@H]3C)c(C(F)(F)F)c1. The summed E-state index contributed by atoms with van der Waals surface area (Å²) >= 11 is 0. The number of fused-ring (bicyclic) bond motifs is 3. The summed E-state index contributed by atoms with van der Waals surface area (Å²) in [7, 11) is 2.74. The third kappa shape index (κ3) is 4.98. The summed E-state index contributed by atoms with van der Waals surface area (Å²) in [6, 6.07) is 2.94. The zero-order chi connectivity index (χ0) is 35.1. The van der Waals surface area contributed by atoms with Gasteiger partial charge in [0, 0.05) is 5.92 Å². The summed E-state index contributed by atoms with van der Waals surface area (Å²) in [5.74, 6) is -15.6. The number of nitrogens with one attached hydrogen (secondary N) is 2. The van der Waals surface area contributed by atoms with Gasteiger partial charge in [0.25, 0.3) is 0 Å². The lowest BCUT2D eigenvalue weighted by atomic mass is 9.49. The van der Waals surface area contributed by atoms with Crippen LogP contribution in [-0.2, 0) is 25.4 Å². The number of aliphatic hydroxyl groups excluding tert-OH is 1. The normalized spacial score (nSPS) is 30.4. The maximum absolute atomic E-state index is 14.1. The lowest BCUT2D eigenvalue weighted by Gasteiger charge is -2.56. The number of rotatable bonds is 4. The van der Waals surface area contributed by atoms with Gasteiger partial charge in [0.1, 0.15) is 5.75 Å². The Morgan fingerprint density at radius 1 is 1.00 bits per heavy atom. The van der Waals surface area contributed by atoms with E-state index in [9.17, 15) is 57.3 Å². The van der Waals surface area contributed by atoms with Gasteiger partial charge in [-0.1, -0.05) is 24.6 Å². The summed E-state index contributed by atoms with van der Waals surface area (Å²) in [6.45, 7) is 2.93. The van der Waals surface area contributed by atoms with Crippen LogP contribution in [0.15, 0.2) is 30.3 Å². The molecule has 0 saturated heterocycles. The minimum absolute atomic E-state index is 0.111. The third-order valence-electron chi connectivity index (χ3n) is 9.47. The number of alkyl halides is 3. The van der Waals surface area contributed by atoms with Gasteiger partial charge in [-0.2, -0.15) is 13.2 Å². The molecular weight excluding hydrogens is 629 g/mol. The smallest absolute Gasteiger partial charge is 0.418 e. The Morgan fingerprint density at radius 2 is 1.60 bits per heavy atom. The number of carbonyl (C=O) groups excluding carboxylic acids is 6. The number of hydrogen-bond donors (Lipinski definition) is 6. The molecule has 2 unspecified atom stereocenters. The van der Waals surface area contributed by atoms with E-state index in [-0.39, 0.29) is 11.1 Å². The minimum Gasteiger partial charge on any atom is -0.505 e. The number of likely N-dealkylation sites (N-methyl/N-ethyl adjacent to an activating group) is 1. The molecule has 0 radical (unpaired) electrons. The number of anilines is 2. The predicted octanol–water partition coefficient (Wildman–Crippen LogP) is 1.37. The molecule has 5 rings (SSSR count). The number of hydrogen-bond acceptors (Lipinski definition) is 10. The van der Waals surface area contributed by atoms with E-state index in [1.807, 2.05) is 0 Å². The fraction of sp³-hybridized carbons (Fsp3) is 0.419. The molecule has 0 aromatic heterocycles. The first-order valence-electron chi connectivity index (χ1n) is 14.4. The number of amides is 3. The zero-order valence-corrected chi connectivity index (χ0v) is 25.4. The van der Waals surface area contributed by atoms with Crippen LogP contribution in [0.2, 0.25) is 0 Å². The molecule has 13 nitrogen and oxygen atoms in total. The average Bonchev–Trinajstić information content (AvgIpc) is 2.96. The van der Waals surface area contributed by atoms with Gasteiger partial charge in [-0.05, 0) is 50.7 Å². The first-order chi connectivity index (χ1) is 21.7. The van der Waals surface area contributed by atoms with Gasteiger partial charge in [0.2, 0.25) is 5.91 Å². The van der Waals surface area contributed by atoms with Crippen molar-refractivity contribution in [3.8, 4) is 5.75 Å². The van der Waals surface area contributed by atoms with Crippen molar-refractivity contribution in [1.82, 2.24) is 4.90 Å². The monoisotopic (exact) mass is 660 g/mol. The number of primary amides is 1. The van der Waals surface area contributed by atoms with Gasteiger partial charge in [0.05, 0.1) is 46.5 Å². The number of nitrogens with two attached hydrogens (primary N) is 1. The molecule has 2 aromatic rings. The van der Waals surface area contributed by atoms with E-state index >= 15 is 0 Å². The molecule has 0 heterocycles. The Balaban J connectivity index is 1.54. The van der Waals surface area contributed by atoms with Crippen molar-refractivity contribution in [2.45, 2.75) is 43.7 Å². The number of aromatic hydroxyl groups is 1. The lowest BCUT2D eigenvalue weighted by molar-refractivity contribution is -0.196. The summed E-state index contributed by atoms with van der Waals surface area (Å²) < 4.78 is 40.7. The zero-order valence-electron chi connectivity index (χ0n) is 25.4. The molecule has 47 heavy (non-hydrogen) atoms. The predicted molar refractivity (Wildman–Crippen MR) is 156 cm³/mol. The quantitative estimate of drug-likeness (QED) is 0.205. The van der Waals surface area contributed by atoms with Crippen molar-refractivity contribution < 1.29 is 57.3 Å². The van der Waals surface area contributed by atoms with Crippen LogP contribution in [0.1, 0.15) is 39.9 Å². The fourth-order valence-electron chi connectivity index (χ4n) is 7.37. The van der Waals surface area contributed by atoms with E-state index < -0.39 is 117 Å². The van der Waals surface area contributed by atoms with Gasteiger partial charge in [-0.3, -0.25) is 28.9 Å². The largest absolute Gasteiger partial charge is 0.505 e. The number of phenolic OH excluding ortho intramolecular Hbond substituents is 1. The summed E-state index contributed by atoms with van der Waals surface area (Å²) in [5.41, 5.74) is -0.142. The van der Waals surface area contributed by atoms with Crippen molar-refractivity contribution in [2.24, 2.45) is 29.4 Å². The molecule has 3 amide bonds. The molecular formula is C31H31F3N4O9. The van der Waals surface area contributed by atoms with E-state index in [0.29, 0.717) is 0 Å². The van der Waals surface area contributed by atoms with Gasteiger partial charge >= 0.3 is 12.2 Å². The van der Waals surface area contributed by atoms with Crippen molar-refractivity contribution in [3.63, 3.8) is 0 Å². The number of halogens is 3. The second-order valence-electron chi connectivity index (χ2n) is 12.4. The first-order valence-corrected chi connectivity index (χ1v) is 14.4. The molecule has 16 heteroatoms. The van der Waals surface area contributed by atoms with Crippen LogP contribution in [0.25, 0.3) is 0 Å². The van der Waals surface area contributed by atoms with Crippen molar-refractivity contribution in [3.05, 3.63) is 52.6 Å². The highest BCUT2D eigenvalue weighted by atomic mass is 19.4. The topological polar surface area (TPSA) is 216 Å². The number of urea groups is 1. The number of carbonyl (C=O) groups is 6. The number of aryl methyl sites for hydroxylation is 1. The lowest BCUT2D eigenvalue weighted by Crippen LogP contribution is -2.77. The van der Waals surface area contributed by atoms with Crippen LogP contribution in [0, 0.1) is 30.6 Å². The van der Waals surface area contributed by atoms with Crippen LogP contribution in [-0.4, -0.2) is 87.1 Å². The van der Waals surface area contributed by atoms with E-state index in [1.54, 1.807) is 0 Å². The Kier molecular flexibility index (Phi) is 8.06. The molecule has 2 aromatic carbocycles. The Labute approximate surface area is 264 Å². The minimum atomic E-state index is -4.81. The molecule has 0 bridgehead atoms. The second-order valence-corrected chi connectivity index (χ2v) is 12.4. The molecule has 7 N–H and O–H groups in total. The van der Waals surface area contributed by atoms with Crippen molar-refractivity contribution >= 4 is 46.4 Å². The van der Waals surface area contributed by atoms with E-state index in [0.717, 1.165) is 12.1 Å². The van der Waals surface area contributed by atoms with E-state index in [4.69, 9.17) is 5.73 Å². The molecule has 2 fully saturated rings. The highest BCUT2D eigenvalue weighted by Gasteiger charge is 2.72. The molecule has 3 aliphatic carbocycles.